The number of nitrogens with zero attached hydrogens (tertiary/aromatic N) is 1. The first kappa shape index (κ1) is 16.5. The molecule has 0 spiro atoms. The van der Waals surface area contributed by atoms with Gasteiger partial charge in [-0.15, -0.1) is 0 Å². The van der Waals surface area contributed by atoms with Crippen molar-refractivity contribution in [2.45, 2.75) is 12.8 Å². The Labute approximate surface area is 134 Å². The molecule has 2 rings (SSSR count). The van der Waals surface area contributed by atoms with Gasteiger partial charge in [0.25, 0.3) is 0 Å². The minimum absolute atomic E-state index is 0.0118. The van der Waals surface area contributed by atoms with E-state index >= 15 is 0 Å². The van der Waals surface area contributed by atoms with Gasteiger partial charge in [0.1, 0.15) is 16.0 Å². The van der Waals surface area contributed by atoms with Crippen molar-refractivity contribution in [2.75, 3.05) is 11.1 Å². The quantitative estimate of drug-likeness (QED) is 0.672. The van der Waals surface area contributed by atoms with Crippen molar-refractivity contribution in [3.8, 4) is 0 Å². The maximum atomic E-state index is 13.4. The third-order valence-corrected chi connectivity index (χ3v) is 4.14. The van der Waals surface area contributed by atoms with Crippen LogP contribution in [0.5, 0.6) is 0 Å². The van der Waals surface area contributed by atoms with Gasteiger partial charge >= 0.3 is 0 Å². The fourth-order valence-electron chi connectivity index (χ4n) is 1.75. The molecule has 1 aromatic rings. The topological polar surface area (TPSA) is 66.5 Å². The normalized spacial score (nSPS) is 14.4. The summed E-state index contributed by atoms with van der Waals surface area (Å²) in [6.45, 7) is 0. The van der Waals surface area contributed by atoms with Gasteiger partial charge in [-0.05, 0) is 12.1 Å². The van der Waals surface area contributed by atoms with Crippen LogP contribution in [-0.4, -0.2) is 32.7 Å². The maximum absolute atomic E-state index is 13.4. The highest BCUT2D eigenvalue weighted by Crippen LogP contribution is 2.20. The number of thioether (sulfide) groups is 1. The molecule has 1 fully saturated rings. The standard InChI is InChI=1S/C13H10F2N2O3S2/c14-7-1-2-9(8(15)5-7)16-10(18)6-22-13(21)17-11(19)3-4-12(17)20/h1-2,5H,3-4,6H2,(H,16,18). The van der Waals surface area contributed by atoms with Crippen LogP contribution in [0.3, 0.4) is 0 Å². The van der Waals surface area contributed by atoms with Gasteiger partial charge in [0.2, 0.25) is 17.7 Å². The summed E-state index contributed by atoms with van der Waals surface area (Å²) < 4.78 is 26.1. The summed E-state index contributed by atoms with van der Waals surface area (Å²) in [4.78, 5) is 35.5. The predicted octanol–water partition coefficient (Wildman–Crippen LogP) is 2.07. The smallest absolute Gasteiger partial charge is 0.235 e. The second-order valence-corrected chi connectivity index (χ2v) is 5.96. The lowest BCUT2D eigenvalue weighted by molar-refractivity contribution is -0.133. The lowest BCUT2D eigenvalue weighted by atomic mass is 10.3. The van der Waals surface area contributed by atoms with Crippen LogP contribution >= 0.6 is 24.0 Å². The first-order valence-corrected chi connectivity index (χ1v) is 7.55. The van der Waals surface area contributed by atoms with E-state index in [2.05, 4.69) is 5.32 Å². The molecule has 9 heteroatoms. The van der Waals surface area contributed by atoms with Gasteiger partial charge in [-0.25, -0.2) is 13.7 Å². The molecule has 1 saturated heterocycles. The second-order valence-electron chi connectivity index (χ2n) is 4.35. The molecule has 0 bridgehead atoms. The van der Waals surface area contributed by atoms with E-state index in [9.17, 15) is 23.2 Å². The van der Waals surface area contributed by atoms with Crippen molar-refractivity contribution in [1.82, 2.24) is 4.90 Å². The molecule has 1 aliphatic rings. The minimum Gasteiger partial charge on any atom is -0.323 e. The van der Waals surface area contributed by atoms with E-state index in [0.29, 0.717) is 6.07 Å². The maximum Gasteiger partial charge on any atom is 0.235 e. The number of benzene rings is 1. The molecule has 0 aromatic heterocycles. The number of thiocarbonyl (C=S) groups is 1. The number of nitrogens with one attached hydrogen (secondary N) is 1. The summed E-state index contributed by atoms with van der Waals surface area (Å²) in [6.07, 6.45) is 0.207. The molecule has 0 aliphatic carbocycles. The highest BCUT2D eigenvalue weighted by molar-refractivity contribution is 8.23. The third-order valence-electron chi connectivity index (χ3n) is 2.77. The summed E-state index contributed by atoms with van der Waals surface area (Å²) in [7, 11) is 0. The molecule has 0 atom stereocenters. The Bertz CT molecular complexity index is 651. The summed E-state index contributed by atoms with van der Waals surface area (Å²) in [5, 5.41) is 2.26. The van der Waals surface area contributed by atoms with Crippen molar-refractivity contribution in [3.05, 3.63) is 29.8 Å². The summed E-state index contributed by atoms with van der Waals surface area (Å²) in [5.41, 5.74) is -0.161. The first-order valence-electron chi connectivity index (χ1n) is 6.16. The zero-order chi connectivity index (χ0) is 16.3. The molecular formula is C13H10F2N2O3S2. The van der Waals surface area contributed by atoms with E-state index in [0.717, 1.165) is 28.8 Å². The van der Waals surface area contributed by atoms with Gasteiger partial charge in [0, 0.05) is 18.9 Å². The third kappa shape index (κ3) is 3.86. The van der Waals surface area contributed by atoms with Gasteiger partial charge < -0.3 is 5.32 Å². The van der Waals surface area contributed by atoms with Gasteiger partial charge in [-0.1, -0.05) is 24.0 Å². The van der Waals surface area contributed by atoms with Crippen LogP contribution in [0.2, 0.25) is 0 Å². The molecule has 3 amide bonds. The number of amides is 3. The van der Waals surface area contributed by atoms with Crippen LogP contribution in [0.4, 0.5) is 14.5 Å². The Balaban J connectivity index is 1.89. The number of likely N-dealkylation sites (tertiary alicyclic amines) is 1. The van der Waals surface area contributed by atoms with E-state index in [-0.39, 0.29) is 28.6 Å². The largest absolute Gasteiger partial charge is 0.323 e. The zero-order valence-corrected chi connectivity index (χ0v) is 12.7. The number of rotatable bonds is 3. The summed E-state index contributed by atoms with van der Waals surface area (Å²) >= 11 is 5.76. The number of hydrogen-bond acceptors (Lipinski definition) is 5. The Hall–Kier alpha value is -1.87. The van der Waals surface area contributed by atoms with Crippen molar-refractivity contribution < 1.29 is 23.2 Å². The number of imide groups is 1. The number of hydrogen-bond donors (Lipinski definition) is 1. The Morgan fingerprint density at radius 3 is 2.50 bits per heavy atom. The fourth-order valence-corrected chi connectivity index (χ4v) is 2.79. The summed E-state index contributed by atoms with van der Waals surface area (Å²) in [6, 6.07) is 2.76. The van der Waals surface area contributed by atoms with Gasteiger partial charge in [-0.2, -0.15) is 0 Å². The highest BCUT2D eigenvalue weighted by atomic mass is 32.2. The lowest BCUT2D eigenvalue weighted by Gasteiger charge is -2.13. The average molecular weight is 344 g/mol. The van der Waals surface area contributed by atoms with E-state index in [1.807, 2.05) is 0 Å². The number of halogens is 2. The number of carbonyl (C=O) groups excluding carboxylic acids is 3. The molecule has 0 saturated carbocycles. The van der Waals surface area contributed by atoms with Crippen molar-refractivity contribution >= 4 is 51.7 Å². The molecule has 5 nitrogen and oxygen atoms in total. The molecule has 1 N–H and O–H groups in total. The van der Waals surface area contributed by atoms with E-state index in [1.54, 1.807) is 0 Å². The molecule has 116 valence electrons. The minimum atomic E-state index is -0.897. The highest BCUT2D eigenvalue weighted by Gasteiger charge is 2.32. The fraction of sp³-hybridized carbons (Fsp3) is 0.231. The molecule has 1 heterocycles. The number of carbonyl (C=O) groups is 3. The van der Waals surface area contributed by atoms with E-state index < -0.39 is 29.4 Å². The molecule has 22 heavy (non-hydrogen) atoms. The number of anilines is 1. The molecular weight excluding hydrogens is 334 g/mol. The van der Waals surface area contributed by atoms with Gasteiger partial charge in [0.15, 0.2) is 0 Å². The van der Waals surface area contributed by atoms with E-state index in [1.165, 1.54) is 0 Å². The zero-order valence-electron chi connectivity index (χ0n) is 11.1. The van der Waals surface area contributed by atoms with Crippen LogP contribution in [0.1, 0.15) is 12.8 Å². The van der Waals surface area contributed by atoms with Crippen LogP contribution in [0.15, 0.2) is 18.2 Å². The second kappa shape index (κ2) is 6.93. The van der Waals surface area contributed by atoms with Crippen LogP contribution in [0, 0.1) is 11.6 Å². The molecule has 1 aromatic carbocycles. The lowest BCUT2D eigenvalue weighted by Crippen LogP contribution is -2.33. The Morgan fingerprint density at radius 1 is 1.27 bits per heavy atom. The van der Waals surface area contributed by atoms with Crippen molar-refractivity contribution in [3.63, 3.8) is 0 Å². The van der Waals surface area contributed by atoms with Crippen LogP contribution < -0.4 is 5.32 Å². The van der Waals surface area contributed by atoms with E-state index in [4.69, 9.17) is 12.2 Å². The summed E-state index contributed by atoms with van der Waals surface area (Å²) in [5.74, 6) is -3.23. The van der Waals surface area contributed by atoms with Crippen LogP contribution in [-0.2, 0) is 14.4 Å². The molecule has 0 unspecified atom stereocenters. The Kier molecular flexibility index (Phi) is 5.19. The molecule has 0 radical (unpaired) electrons. The van der Waals surface area contributed by atoms with Gasteiger partial charge in [0.05, 0.1) is 11.4 Å². The SMILES string of the molecule is O=C(CSC(=S)N1C(=O)CCC1=O)Nc1ccc(F)cc1F. The average Bonchev–Trinajstić information content (AvgIpc) is 2.79. The monoisotopic (exact) mass is 344 g/mol. The van der Waals surface area contributed by atoms with Crippen LogP contribution in [0.25, 0.3) is 0 Å². The predicted molar refractivity (Wildman–Crippen MR) is 81.1 cm³/mol. The van der Waals surface area contributed by atoms with Crippen molar-refractivity contribution in [2.24, 2.45) is 0 Å². The van der Waals surface area contributed by atoms with Gasteiger partial charge in [-0.3, -0.25) is 14.4 Å². The Morgan fingerprint density at radius 2 is 1.91 bits per heavy atom. The molecule has 1 aliphatic heterocycles. The first-order chi connectivity index (χ1) is 10.4. The van der Waals surface area contributed by atoms with Crippen molar-refractivity contribution in [1.29, 1.82) is 0 Å².